The van der Waals surface area contributed by atoms with Gasteiger partial charge in [-0.05, 0) is 48.9 Å². The molecular weight excluding hydrogens is 356 g/mol. The summed E-state index contributed by atoms with van der Waals surface area (Å²) in [6.45, 7) is 6.55. The Morgan fingerprint density at radius 1 is 1.14 bits per heavy atom. The van der Waals surface area contributed by atoms with Crippen LogP contribution in [0.15, 0.2) is 48.5 Å². The fraction of sp³-hybridized carbons (Fsp3) is 0.409. The molecule has 28 heavy (non-hydrogen) atoms. The second kappa shape index (κ2) is 10.1. The zero-order valence-corrected chi connectivity index (χ0v) is 16.5. The highest BCUT2D eigenvalue weighted by Crippen LogP contribution is 2.17. The summed E-state index contributed by atoms with van der Waals surface area (Å²) in [4.78, 5) is 14.9. The molecule has 1 heterocycles. The van der Waals surface area contributed by atoms with E-state index in [0.717, 1.165) is 49.9 Å². The van der Waals surface area contributed by atoms with Crippen molar-refractivity contribution in [1.29, 1.82) is 0 Å². The monoisotopic (exact) mass is 384 g/mol. The van der Waals surface area contributed by atoms with Crippen LogP contribution in [0.2, 0.25) is 0 Å². The molecule has 1 amide bonds. The molecule has 2 aromatic rings. The predicted molar refractivity (Wildman–Crippen MR) is 108 cm³/mol. The molecule has 6 heteroatoms. The number of carbonyl (C=O) groups is 1. The second-order valence-corrected chi connectivity index (χ2v) is 6.95. The average molecular weight is 384 g/mol. The van der Waals surface area contributed by atoms with Gasteiger partial charge < -0.3 is 19.5 Å². The molecule has 0 aromatic heterocycles. The molecule has 1 aliphatic heterocycles. The minimum Gasteiger partial charge on any atom is -0.497 e. The van der Waals surface area contributed by atoms with Gasteiger partial charge in [0.2, 0.25) is 0 Å². The molecule has 1 aliphatic rings. The number of carbonyl (C=O) groups excluding carboxylic acids is 1. The number of amides is 1. The zero-order valence-electron chi connectivity index (χ0n) is 16.5. The van der Waals surface area contributed by atoms with Gasteiger partial charge in [0, 0.05) is 25.2 Å². The molecule has 0 bridgehead atoms. The van der Waals surface area contributed by atoms with E-state index in [1.165, 1.54) is 0 Å². The largest absolute Gasteiger partial charge is 0.497 e. The van der Waals surface area contributed by atoms with Gasteiger partial charge in [-0.15, -0.1) is 0 Å². The first-order chi connectivity index (χ1) is 13.6. The topological polar surface area (TPSA) is 60.0 Å². The van der Waals surface area contributed by atoms with E-state index >= 15 is 0 Å². The Bertz CT molecular complexity index is 757. The predicted octanol–water partition coefficient (Wildman–Crippen LogP) is 2.72. The maximum atomic E-state index is 12.6. The van der Waals surface area contributed by atoms with Gasteiger partial charge in [-0.25, -0.2) is 0 Å². The summed E-state index contributed by atoms with van der Waals surface area (Å²) < 4.78 is 16.3. The third-order valence-corrected chi connectivity index (χ3v) is 4.64. The van der Waals surface area contributed by atoms with Crippen LogP contribution >= 0.6 is 0 Å². The van der Waals surface area contributed by atoms with Crippen LogP contribution in [0.4, 0.5) is 0 Å². The van der Waals surface area contributed by atoms with Crippen molar-refractivity contribution in [2.45, 2.75) is 19.5 Å². The number of methoxy groups -OCH3 is 1. The van der Waals surface area contributed by atoms with E-state index in [1.807, 2.05) is 49.4 Å². The Morgan fingerprint density at radius 2 is 1.86 bits per heavy atom. The normalized spacial score (nSPS) is 15.6. The van der Waals surface area contributed by atoms with Gasteiger partial charge in [-0.3, -0.25) is 9.69 Å². The Hall–Kier alpha value is -2.57. The average Bonchev–Trinajstić information content (AvgIpc) is 2.73. The third-order valence-electron chi connectivity index (χ3n) is 4.64. The standard InChI is InChI=1S/C22H28N2O4/c1-17(16-28-21-8-6-20(26-2)7-9-21)23-22(25)19-5-3-4-18(14-19)15-24-10-12-27-13-11-24/h3-9,14,17H,10-13,15-16H2,1-2H3,(H,23,25)/t17-/m0/s1. The lowest BCUT2D eigenvalue weighted by Crippen LogP contribution is -2.37. The second-order valence-electron chi connectivity index (χ2n) is 6.95. The lowest BCUT2D eigenvalue weighted by atomic mass is 10.1. The molecule has 0 radical (unpaired) electrons. The Balaban J connectivity index is 1.49. The first-order valence-electron chi connectivity index (χ1n) is 9.61. The van der Waals surface area contributed by atoms with Crippen molar-refractivity contribution in [3.63, 3.8) is 0 Å². The molecule has 1 fully saturated rings. The molecule has 1 atom stereocenters. The van der Waals surface area contributed by atoms with Gasteiger partial charge in [0.25, 0.3) is 5.91 Å². The number of ether oxygens (including phenoxy) is 3. The van der Waals surface area contributed by atoms with Crippen molar-refractivity contribution in [1.82, 2.24) is 10.2 Å². The van der Waals surface area contributed by atoms with Crippen LogP contribution in [0.5, 0.6) is 11.5 Å². The van der Waals surface area contributed by atoms with Crippen LogP contribution in [0.25, 0.3) is 0 Å². The molecule has 0 unspecified atom stereocenters. The summed E-state index contributed by atoms with van der Waals surface area (Å²) in [5.74, 6) is 1.44. The van der Waals surface area contributed by atoms with Gasteiger partial charge in [-0.1, -0.05) is 12.1 Å². The van der Waals surface area contributed by atoms with E-state index in [1.54, 1.807) is 7.11 Å². The van der Waals surface area contributed by atoms with Crippen molar-refractivity contribution in [3.05, 3.63) is 59.7 Å². The SMILES string of the molecule is COc1ccc(OC[C@H](C)NC(=O)c2cccc(CN3CCOCC3)c2)cc1. The highest BCUT2D eigenvalue weighted by Gasteiger charge is 2.14. The minimum absolute atomic E-state index is 0.0883. The zero-order chi connectivity index (χ0) is 19.8. The summed E-state index contributed by atoms with van der Waals surface area (Å²) in [6, 6.07) is 15.1. The van der Waals surface area contributed by atoms with Crippen LogP contribution in [0, 0.1) is 0 Å². The van der Waals surface area contributed by atoms with E-state index in [2.05, 4.69) is 16.3 Å². The molecule has 0 spiro atoms. The van der Waals surface area contributed by atoms with Gasteiger partial charge in [0.1, 0.15) is 18.1 Å². The van der Waals surface area contributed by atoms with Crippen LogP contribution in [0.1, 0.15) is 22.8 Å². The highest BCUT2D eigenvalue weighted by molar-refractivity contribution is 5.94. The van der Waals surface area contributed by atoms with E-state index in [-0.39, 0.29) is 11.9 Å². The minimum atomic E-state index is -0.113. The van der Waals surface area contributed by atoms with Crippen molar-refractivity contribution in [2.75, 3.05) is 40.0 Å². The number of nitrogens with zero attached hydrogens (tertiary/aromatic N) is 1. The van der Waals surface area contributed by atoms with Crippen molar-refractivity contribution < 1.29 is 19.0 Å². The van der Waals surface area contributed by atoms with Crippen LogP contribution in [-0.4, -0.2) is 56.9 Å². The number of nitrogens with one attached hydrogen (secondary N) is 1. The molecular formula is C22H28N2O4. The number of benzene rings is 2. The van der Waals surface area contributed by atoms with Crippen LogP contribution in [-0.2, 0) is 11.3 Å². The van der Waals surface area contributed by atoms with Gasteiger partial charge in [0.15, 0.2) is 0 Å². The Labute approximate surface area is 166 Å². The lowest BCUT2D eigenvalue weighted by Gasteiger charge is -2.26. The van der Waals surface area contributed by atoms with Gasteiger partial charge in [-0.2, -0.15) is 0 Å². The van der Waals surface area contributed by atoms with Crippen molar-refractivity contribution >= 4 is 5.91 Å². The molecule has 3 rings (SSSR count). The summed E-state index contributed by atoms with van der Waals surface area (Å²) in [6.07, 6.45) is 0. The fourth-order valence-corrected chi connectivity index (χ4v) is 3.07. The third kappa shape index (κ3) is 5.97. The summed E-state index contributed by atoms with van der Waals surface area (Å²) in [5, 5.41) is 3.00. The number of rotatable bonds is 8. The lowest BCUT2D eigenvalue weighted by molar-refractivity contribution is 0.0342. The van der Waals surface area contributed by atoms with Crippen molar-refractivity contribution in [3.8, 4) is 11.5 Å². The van der Waals surface area contributed by atoms with E-state index in [0.29, 0.717) is 12.2 Å². The molecule has 0 aliphatic carbocycles. The summed E-state index contributed by atoms with van der Waals surface area (Å²) in [7, 11) is 1.63. The first kappa shape index (κ1) is 20.2. The molecule has 1 saturated heterocycles. The summed E-state index contributed by atoms with van der Waals surface area (Å²) in [5.41, 5.74) is 1.80. The smallest absolute Gasteiger partial charge is 0.251 e. The number of hydrogen-bond donors (Lipinski definition) is 1. The number of hydrogen-bond acceptors (Lipinski definition) is 5. The van der Waals surface area contributed by atoms with E-state index in [9.17, 15) is 4.79 Å². The molecule has 150 valence electrons. The quantitative estimate of drug-likeness (QED) is 0.758. The molecule has 1 N–H and O–H groups in total. The Kier molecular flexibility index (Phi) is 7.28. The molecule has 0 saturated carbocycles. The first-order valence-corrected chi connectivity index (χ1v) is 9.61. The molecule has 6 nitrogen and oxygen atoms in total. The van der Waals surface area contributed by atoms with Gasteiger partial charge >= 0.3 is 0 Å². The fourth-order valence-electron chi connectivity index (χ4n) is 3.07. The number of morpholine rings is 1. The molecule has 2 aromatic carbocycles. The highest BCUT2D eigenvalue weighted by atomic mass is 16.5. The van der Waals surface area contributed by atoms with E-state index in [4.69, 9.17) is 14.2 Å². The van der Waals surface area contributed by atoms with Crippen LogP contribution < -0.4 is 14.8 Å². The Morgan fingerprint density at radius 3 is 2.57 bits per heavy atom. The maximum absolute atomic E-state index is 12.6. The van der Waals surface area contributed by atoms with Crippen molar-refractivity contribution in [2.24, 2.45) is 0 Å². The van der Waals surface area contributed by atoms with Crippen LogP contribution in [0.3, 0.4) is 0 Å². The maximum Gasteiger partial charge on any atom is 0.251 e. The van der Waals surface area contributed by atoms with Gasteiger partial charge in [0.05, 0.1) is 26.4 Å². The van der Waals surface area contributed by atoms with E-state index < -0.39 is 0 Å². The summed E-state index contributed by atoms with van der Waals surface area (Å²) >= 11 is 0.